The summed E-state index contributed by atoms with van der Waals surface area (Å²) in [7, 11) is 0. The van der Waals surface area contributed by atoms with Gasteiger partial charge in [-0.15, -0.1) is 0 Å². The molecule has 124 valence electrons. The van der Waals surface area contributed by atoms with Crippen LogP contribution in [-0.4, -0.2) is 62.3 Å². The molecular weight excluding hydrogens is 315 g/mol. The Labute approximate surface area is 141 Å². The van der Waals surface area contributed by atoms with Gasteiger partial charge < -0.3 is 4.74 Å². The molecule has 3 nitrogen and oxygen atoms in total. The largest absolute Gasteiger partial charge is 0.492 e. The van der Waals surface area contributed by atoms with Crippen LogP contribution < -0.4 is 4.74 Å². The molecule has 0 saturated carbocycles. The van der Waals surface area contributed by atoms with Crippen LogP contribution in [0.5, 0.6) is 5.75 Å². The quantitative estimate of drug-likeness (QED) is 0.803. The van der Waals surface area contributed by atoms with Crippen molar-refractivity contribution in [2.24, 2.45) is 0 Å². The first-order valence-corrected chi connectivity index (χ1v) is 8.46. The fourth-order valence-electron chi connectivity index (χ4n) is 3.00. The van der Waals surface area contributed by atoms with Gasteiger partial charge in [-0.05, 0) is 12.1 Å². The van der Waals surface area contributed by atoms with Gasteiger partial charge in [0.15, 0.2) is 0 Å². The second-order valence-corrected chi connectivity index (χ2v) is 6.22. The molecule has 0 atom stereocenters. The molecule has 0 aliphatic carbocycles. The summed E-state index contributed by atoms with van der Waals surface area (Å²) in [5.41, 5.74) is 0. The van der Waals surface area contributed by atoms with Crippen LogP contribution in [0.15, 0.2) is 36.4 Å². The predicted octanol–water partition coefficient (Wildman–Crippen LogP) is 3.46. The highest BCUT2D eigenvalue weighted by Gasteiger charge is 2.16. The summed E-state index contributed by atoms with van der Waals surface area (Å²) in [4.78, 5) is 4.54. The van der Waals surface area contributed by atoms with Crippen molar-refractivity contribution in [3.63, 3.8) is 0 Å². The van der Waals surface area contributed by atoms with Crippen molar-refractivity contribution in [1.82, 2.24) is 9.80 Å². The van der Waals surface area contributed by atoms with E-state index in [1.165, 1.54) is 0 Å². The fourth-order valence-corrected chi connectivity index (χ4v) is 3.23. The first kappa shape index (κ1) is 16.5. The van der Waals surface area contributed by atoms with Crippen molar-refractivity contribution in [1.29, 1.82) is 0 Å². The monoisotopic (exact) mass is 336 g/mol. The summed E-state index contributed by atoms with van der Waals surface area (Å²) < 4.78 is 18.3. The van der Waals surface area contributed by atoms with Crippen molar-refractivity contribution in [3.05, 3.63) is 41.4 Å². The summed E-state index contributed by atoms with van der Waals surface area (Å²) in [6.07, 6.45) is 0. The van der Waals surface area contributed by atoms with E-state index < -0.39 is 0 Å². The number of halogens is 2. The number of hydrogen-bond acceptors (Lipinski definition) is 3. The van der Waals surface area contributed by atoms with Crippen LogP contribution in [0.4, 0.5) is 4.39 Å². The van der Waals surface area contributed by atoms with Crippen molar-refractivity contribution in [2.45, 2.75) is 0 Å². The van der Waals surface area contributed by atoms with Gasteiger partial charge in [-0.3, -0.25) is 9.80 Å². The summed E-state index contributed by atoms with van der Waals surface area (Å²) >= 11 is 6.23. The minimum absolute atomic E-state index is 0.257. The van der Waals surface area contributed by atoms with E-state index in [1.54, 1.807) is 0 Å². The molecule has 2 aromatic carbocycles. The molecule has 5 heteroatoms. The normalized spacial score (nSPS) is 16.8. The Balaban J connectivity index is 1.53. The molecule has 3 rings (SSSR count). The molecule has 23 heavy (non-hydrogen) atoms. The lowest BCUT2D eigenvalue weighted by molar-refractivity contribution is 0.112. The summed E-state index contributed by atoms with van der Waals surface area (Å²) in [5.74, 6) is 0.876. The molecule has 0 aromatic heterocycles. The number of rotatable bonds is 6. The van der Waals surface area contributed by atoms with E-state index in [4.69, 9.17) is 16.3 Å². The van der Waals surface area contributed by atoms with E-state index in [0.717, 1.165) is 54.3 Å². The Morgan fingerprint density at radius 3 is 2.26 bits per heavy atom. The van der Waals surface area contributed by atoms with E-state index in [0.29, 0.717) is 13.2 Å². The number of benzene rings is 2. The summed E-state index contributed by atoms with van der Waals surface area (Å²) in [5, 5.41) is 2.82. The molecule has 0 amide bonds. The van der Waals surface area contributed by atoms with Crippen LogP contribution in [0.3, 0.4) is 0 Å². The average molecular weight is 337 g/mol. The number of hydrogen-bond donors (Lipinski definition) is 0. The van der Waals surface area contributed by atoms with Crippen molar-refractivity contribution < 1.29 is 9.13 Å². The van der Waals surface area contributed by atoms with Crippen LogP contribution >= 0.6 is 11.6 Å². The van der Waals surface area contributed by atoms with Crippen molar-refractivity contribution in [3.8, 4) is 5.75 Å². The third-order valence-corrected chi connectivity index (χ3v) is 4.69. The van der Waals surface area contributed by atoms with Crippen LogP contribution in [0.2, 0.25) is 5.02 Å². The topological polar surface area (TPSA) is 15.7 Å². The molecule has 0 spiro atoms. The minimum Gasteiger partial charge on any atom is -0.492 e. The van der Waals surface area contributed by atoms with Crippen LogP contribution in [0.25, 0.3) is 10.8 Å². The van der Waals surface area contributed by atoms with E-state index in [-0.39, 0.29) is 6.67 Å². The standard InChI is InChI=1S/C18H22ClFN2O/c19-17-5-6-18(16-4-2-1-3-15(16)17)23-14-13-22-11-9-21(8-7-20)10-12-22/h1-6H,7-14H2. The second kappa shape index (κ2) is 7.95. The van der Waals surface area contributed by atoms with E-state index in [2.05, 4.69) is 9.80 Å². The Morgan fingerprint density at radius 1 is 0.913 bits per heavy atom. The average Bonchev–Trinajstić information content (AvgIpc) is 2.59. The van der Waals surface area contributed by atoms with E-state index >= 15 is 0 Å². The zero-order valence-electron chi connectivity index (χ0n) is 13.2. The molecule has 1 aliphatic heterocycles. The molecule has 1 heterocycles. The summed E-state index contributed by atoms with van der Waals surface area (Å²) in [6.45, 7) is 5.67. The smallest absolute Gasteiger partial charge is 0.127 e. The maximum Gasteiger partial charge on any atom is 0.127 e. The van der Waals surface area contributed by atoms with E-state index in [9.17, 15) is 4.39 Å². The molecule has 1 fully saturated rings. The molecule has 0 N–H and O–H groups in total. The third-order valence-electron chi connectivity index (χ3n) is 4.36. The van der Waals surface area contributed by atoms with Gasteiger partial charge in [0, 0.05) is 55.1 Å². The lowest BCUT2D eigenvalue weighted by atomic mass is 10.1. The van der Waals surface area contributed by atoms with Gasteiger partial charge >= 0.3 is 0 Å². The molecule has 2 aromatic rings. The molecular formula is C18H22ClFN2O. The maximum atomic E-state index is 12.3. The molecule has 1 aliphatic rings. The molecule has 0 radical (unpaired) electrons. The number of ether oxygens (including phenoxy) is 1. The highest BCUT2D eigenvalue weighted by Crippen LogP contribution is 2.31. The Hall–Kier alpha value is -1.36. The van der Waals surface area contributed by atoms with Crippen LogP contribution in [0, 0.1) is 0 Å². The summed E-state index contributed by atoms with van der Waals surface area (Å²) in [6, 6.07) is 11.8. The number of fused-ring (bicyclic) bond motifs is 1. The maximum absolute atomic E-state index is 12.3. The molecule has 0 unspecified atom stereocenters. The zero-order valence-corrected chi connectivity index (χ0v) is 13.9. The molecule has 1 saturated heterocycles. The van der Waals surface area contributed by atoms with Gasteiger partial charge in [-0.25, -0.2) is 4.39 Å². The minimum atomic E-state index is -0.257. The number of nitrogens with zero attached hydrogens (tertiary/aromatic N) is 2. The first-order valence-electron chi connectivity index (χ1n) is 8.08. The van der Waals surface area contributed by atoms with Gasteiger partial charge in [0.1, 0.15) is 19.0 Å². The highest BCUT2D eigenvalue weighted by atomic mass is 35.5. The van der Waals surface area contributed by atoms with Crippen LogP contribution in [0.1, 0.15) is 0 Å². The van der Waals surface area contributed by atoms with Gasteiger partial charge in [-0.2, -0.15) is 0 Å². The number of piperazine rings is 1. The van der Waals surface area contributed by atoms with Gasteiger partial charge in [0.05, 0.1) is 0 Å². The fraction of sp³-hybridized carbons (Fsp3) is 0.444. The third kappa shape index (κ3) is 4.14. The predicted molar refractivity (Wildman–Crippen MR) is 93.3 cm³/mol. The van der Waals surface area contributed by atoms with Crippen molar-refractivity contribution in [2.75, 3.05) is 52.6 Å². The van der Waals surface area contributed by atoms with Gasteiger partial charge in [0.2, 0.25) is 0 Å². The lowest BCUT2D eigenvalue weighted by Crippen LogP contribution is -2.47. The Bertz CT molecular complexity index is 644. The first-order chi connectivity index (χ1) is 11.3. The van der Waals surface area contributed by atoms with Crippen molar-refractivity contribution >= 4 is 22.4 Å². The van der Waals surface area contributed by atoms with E-state index in [1.807, 2.05) is 36.4 Å². The second-order valence-electron chi connectivity index (χ2n) is 5.81. The molecule has 0 bridgehead atoms. The highest BCUT2D eigenvalue weighted by molar-refractivity contribution is 6.35. The van der Waals surface area contributed by atoms with Gasteiger partial charge in [-0.1, -0.05) is 35.9 Å². The Morgan fingerprint density at radius 2 is 1.57 bits per heavy atom. The zero-order chi connectivity index (χ0) is 16.1. The Kier molecular flexibility index (Phi) is 5.70. The SMILES string of the molecule is FCCN1CCN(CCOc2ccc(Cl)c3ccccc23)CC1. The lowest BCUT2D eigenvalue weighted by Gasteiger charge is -2.34. The van der Waals surface area contributed by atoms with Crippen LogP contribution in [-0.2, 0) is 0 Å². The van der Waals surface area contributed by atoms with Gasteiger partial charge in [0.25, 0.3) is 0 Å². The number of alkyl halides is 1.